The molecule has 4 N–H and O–H groups in total. The second-order valence-electron chi connectivity index (χ2n) is 38.6. The Hall–Kier alpha value is -8.76. The van der Waals surface area contributed by atoms with E-state index in [1.165, 1.54) is 37.2 Å². The molecule has 18 rings (SSSR count). The molecule has 29 heteroatoms. The summed E-state index contributed by atoms with van der Waals surface area (Å²) >= 11 is 3.64. The highest BCUT2D eigenvalue weighted by Crippen LogP contribution is 2.58. The highest BCUT2D eigenvalue weighted by molar-refractivity contribution is 9.10. The summed E-state index contributed by atoms with van der Waals surface area (Å²) in [5, 5.41) is 41.4. The van der Waals surface area contributed by atoms with Gasteiger partial charge in [-0.15, -0.1) is 0 Å². The van der Waals surface area contributed by atoms with Crippen LogP contribution in [-0.4, -0.2) is 135 Å². The Morgan fingerprint density at radius 1 is 0.372 bits per heavy atom. The molecule has 3 saturated heterocycles. The van der Waals surface area contributed by atoms with Gasteiger partial charge in [-0.25, -0.2) is 29.1 Å². The molecule has 15 atom stereocenters. The van der Waals surface area contributed by atoms with Crippen LogP contribution in [0, 0.1) is 59.2 Å². The average molecular weight is 1740 g/mol. The number of amides is 9. The van der Waals surface area contributed by atoms with Gasteiger partial charge in [0.25, 0.3) is 17.7 Å². The number of anilines is 3. The number of fused-ring (bicyclic) bond motifs is 15. The van der Waals surface area contributed by atoms with E-state index >= 15 is 0 Å². The molecule has 668 valence electrons. The van der Waals surface area contributed by atoms with Crippen molar-refractivity contribution >= 4 is 98.1 Å². The molecule has 8 fully saturated rings. The Balaban J connectivity index is 0.000000188. The lowest BCUT2D eigenvalue weighted by molar-refractivity contribution is -0.129. The number of urea groups is 3. The smallest absolute Gasteiger partial charge is 0.330 e. The van der Waals surface area contributed by atoms with Crippen molar-refractivity contribution in [3.63, 3.8) is 0 Å². The molecule has 13 aliphatic rings. The number of imide groups is 3. The molecule has 28 nitrogen and oxygen atoms in total. The van der Waals surface area contributed by atoms with Gasteiger partial charge in [0.1, 0.15) is 61.8 Å². The average Bonchev–Trinajstić information content (AvgIpc) is 1.60. The highest BCUT2D eigenvalue weighted by Gasteiger charge is 2.59. The standard InChI is InChI=1S/C20H26N4O4.2C19H26N4O3.C14H19BrN2O.C14H20N2O.6CH4/c1-10-13-7-6-12-15(20(13,4)8-11(9-25)14(10)26)22-23(5)16(12)24-17(27)19(2,3)21-18(24)28;2*1-10-12-7-6-11-14(19(12,4)9-8-13(10)24)21-22(5)15(11)23-16(25)18(2,3)20-17(23)26;1-8-10-5-4-9-12(16-17(3)13(9)15)14(10,2)7-6-11(8)18;1-9-11-5-4-10-8-16(3)15-13(10)14(11,2)7-6-12(9)17;;;;;;/h9-10,13,25H,6-8H2,1-5H3,(H,21,28);2*10,12H,6-9H2,1-5H3,(H,20,26);8,10H,4-7H2,1-3H3;8-9,11H,4-7H2,1-3H3;6*1H4/b11-9-;;;;;;;;;;/t10-,13-,20-;2*10-,12-,19-;8-,10-,14-;9-,11-,14-;;;;;;/m00000....../s1. The van der Waals surface area contributed by atoms with Crippen molar-refractivity contribution in [2.45, 2.75) is 321 Å². The Bertz CT molecular complexity index is 4890. The number of Topliss-reactive ketones (excluding diaryl/α,β-unsaturated/α-hetero) is 5. The minimum Gasteiger partial charge on any atom is -0.515 e. The van der Waals surface area contributed by atoms with Crippen LogP contribution in [0.3, 0.4) is 0 Å². The highest BCUT2D eigenvalue weighted by atomic mass is 79.9. The van der Waals surface area contributed by atoms with Gasteiger partial charge in [0, 0.05) is 152 Å². The minimum absolute atomic E-state index is 0. The van der Waals surface area contributed by atoms with Gasteiger partial charge in [0.2, 0.25) is 0 Å². The van der Waals surface area contributed by atoms with Crippen LogP contribution in [0.15, 0.2) is 22.6 Å². The number of halogens is 1. The third-order valence-electron chi connectivity index (χ3n) is 30.4. The van der Waals surface area contributed by atoms with Gasteiger partial charge in [-0.05, 0) is 189 Å². The summed E-state index contributed by atoms with van der Waals surface area (Å²) in [5.74, 6) is 4.22. The summed E-state index contributed by atoms with van der Waals surface area (Å²) < 4.78 is 9.90. The quantitative estimate of drug-likeness (QED) is 0.0740. The second kappa shape index (κ2) is 33.7. The van der Waals surface area contributed by atoms with Gasteiger partial charge in [-0.1, -0.05) is 114 Å². The van der Waals surface area contributed by atoms with Crippen LogP contribution in [0.5, 0.6) is 0 Å². The SMILES string of the molecule is C.C.C.C.C.C.C[C@@H]1C(=O)/C(=C\O)C[C@]2(C)c3nn(C)c(N4C(=O)NC(C)(C)C4=O)c3CC[C@@H]12.C[C@@H]1C(=O)CC[C@]2(C)c3nn(C)c(Br)c3CC[C@@H]12.C[C@@H]1C(=O)CC[C@]2(C)c3nn(C)c(N4C(=O)NC(C)(C)C4=O)c3CC[C@@H]12.C[C@@H]1C(=O)CC[C@]2(C)c3nn(C)c(N4C(=O)NC(C)(C)C4=O)c3CC[C@@H]12.C[C@@H]1C(=O)CC[C@]2(C)c3nn(C)cc3CC[C@@H]12. The van der Waals surface area contributed by atoms with Gasteiger partial charge in [-0.3, -0.25) is 61.8 Å². The van der Waals surface area contributed by atoms with Crippen molar-refractivity contribution in [1.29, 1.82) is 0 Å². The molecule has 0 spiro atoms. The summed E-state index contributed by atoms with van der Waals surface area (Å²) in [7, 11) is 9.29. The first-order chi connectivity index (χ1) is 53.6. The van der Waals surface area contributed by atoms with E-state index < -0.39 is 40.1 Å². The van der Waals surface area contributed by atoms with Crippen molar-refractivity contribution in [2.75, 3.05) is 14.7 Å². The number of hydrogen-bond donors (Lipinski definition) is 4. The van der Waals surface area contributed by atoms with Gasteiger partial charge < -0.3 is 21.1 Å². The summed E-state index contributed by atoms with van der Waals surface area (Å²) in [6.45, 7) is 31.4. The predicted octanol–water partition coefficient (Wildman–Crippen LogP) is 15.3. The molecule has 0 aromatic carbocycles. The number of ketones is 5. The van der Waals surface area contributed by atoms with E-state index in [4.69, 9.17) is 20.4 Å². The van der Waals surface area contributed by atoms with Crippen molar-refractivity contribution in [1.82, 2.24) is 64.9 Å². The number of aryl methyl sites for hydroxylation is 6. The second-order valence-corrected chi connectivity index (χ2v) is 39.4. The van der Waals surface area contributed by atoms with E-state index in [1.807, 2.05) is 44.2 Å². The molecule has 9 amide bonds. The lowest BCUT2D eigenvalue weighted by Crippen LogP contribution is -2.48. The van der Waals surface area contributed by atoms with Crippen molar-refractivity contribution < 1.29 is 57.8 Å². The predicted molar refractivity (Wildman–Crippen MR) is 473 cm³/mol. The molecule has 10 aliphatic carbocycles. The Labute approximate surface area is 725 Å². The molecule has 8 heterocycles. The molecular weight excluding hydrogens is 1600 g/mol. The molecule has 3 aliphatic heterocycles. The number of rotatable bonds is 3. The molecule has 0 unspecified atom stereocenters. The van der Waals surface area contributed by atoms with Crippen LogP contribution < -0.4 is 30.7 Å². The third-order valence-corrected chi connectivity index (χ3v) is 31.4. The van der Waals surface area contributed by atoms with E-state index in [1.54, 1.807) is 76.7 Å². The van der Waals surface area contributed by atoms with Gasteiger partial charge in [0.15, 0.2) is 5.78 Å². The number of carbonyl (C=O) groups excluding carboxylic acids is 11. The van der Waals surface area contributed by atoms with E-state index in [0.717, 1.165) is 135 Å². The van der Waals surface area contributed by atoms with Gasteiger partial charge >= 0.3 is 18.1 Å². The first-order valence-corrected chi connectivity index (χ1v) is 42.4. The lowest BCUT2D eigenvalue weighted by atomic mass is 9.55. The summed E-state index contributed by atoms with van der Waals surface area (Å²) in [6.07, 6.45) is 18.5. The normalized spacial score (nSPS) is 32.3. The molecular formula is C92H141BrN16O12. The molecule has 0 radical (unpaired) electrons. The fourth-order valence-electron chi connectivity index (χ4n) is 23.7. The molecule has 121 heavy (non-hydrogen) atoms. The zero-order valence-corrected chi connectivity index (χ0v) is 72.6. The maximum absolute atomic E-state index is 12.8. The molecule has 5 aromatic heterocycles. The maximum atomic E-state index is 12.8. The molecule has 5 aromatic rings. The first kappa shape index (κ1) is 97.7. The summed E-state index contributed by atoms with van der Waals surface area (Å²) in [5.41, 5.74) is 7.80. The number of hydrogen-bond acceptors (Lipinski definition) is 17. The Morgan fingerprint density at radius 3 is 0.950 bits per heavy atom. The van der Waals surface area contributed by atoms with Gasteiger partial charge in [0.05, 0.1) is 34.7 Å². The van der Waals surface area contributed by atoms with Crippen LogP contribution >= 0.6 is 15.9 Å². The zero-order valence-electron chi connectivity index (χ0n) is 71.0. The monoisotopic (exact) mass is 1740 g/mol. The molecule has 0 bridgehead atoms. The topological polar surface area (TPSA) is 343 Å². The lowest BCUT2D eigenvalue weighted by Gasteiger charge is -2.47. The maximum Gasteiger partial charge on any atom is 0.330 e. The number of aliphatic hydroxyl groups is 1. The number of allylic oxidation sites excluding steroid dienone is 1. The van der Waals surface area contributed by atoms with Crippen molar-refractivity contribution in [3.8, 4) is 0 Å². The van der Waals surface area contributed by atoms with Gasteiger partial charge in [-0.2, -0.15) is 25.5 Å². The van der Waals surface area contributed by atoms with Crippen molar-refractivity contribution in [2.24, 2.45) is 94.4 Å². The fraction of sp³-hybridized carbons (Fsp3) is 0.696. The van der Waals surface area contributed by atoms with E-state index in [9.17, 15) is 57.8 Å². The van der Waals surface area contributed by atoms with E-state index in [-0.39, 0.29) is 137 Å². The fourth-order valence-corrected chi connectivity index (χ4v) is 24.1. The number of nitrogens with zero attached hydrogens (tertiary/aromatic N) is 13. The molecule has 5 saturated carbocycles. The van der Waals surface area contributed by atoms with E-state index in [0.29, 0.717) is 90.1 Å². The number of aromatic nitrogens is 10. The largest absolute Gasteiger partial charge is 0.515 e. The first-order valence-electron chi connectivity index (χ1n) is 41.6. The number of nitrogens with one attached hydrogen (secondary N) is 3. The van der Waals surface area contributed by atoms with Crippen LogP contribution in [-0.2, 0) is 133 Å². The van der Waals surface area contributed by atoms with E-state index in [2.05, 4.69) is 91.6 Å². The minimum atomic E-state index is -0.964. The van der Waals surface area contributed by atoms with Crippen LogP contribution in [0.25, 0.3) is 0 Å². The van der Waals surface area contributed by atoms with Crippen molar-refractivity contribution in [3.05, 3.63) is 78.9 Å². The summed E-state index contributed by atoms with van der Waals surface area (Å²) in [6, 6.07) is -1.24. The Morgan fingerprint density at radius 2 is 0.645 bits per heavy atom. The number of carbonyl (C=O) groups is 11. The Kier molecular flexibility index (Phi) is 27.2. The van der Waals surface area contributed by atoms with Crippen LogP contribution in [0.1, 0.15) is 302 Å². The van der Waals surface area contributed by atoms with Crippen LogP contribution in [0.2, 0.25) is 0 Å². The third kappa shape index (κ3) is 15.1. The zero-order chi connectivity index (χ0) is 83.9. The van der Waals surface area contributed by atoms with Crippen LogP contribution in [0.4, 0.5) is 31.8 Å². The number of aliphatic hydroxyl groups excluding tert-OH is 1. The summed E-state index contributed by atoms with van der Waals surface area (Å²) in [4.78, 5) is 140.